The lowest BCUT2D eigenvalue weighted by atomic mass is 10.0. The Bertz CT molecular complexity index is 497. The van der Waals surface area contributed by atoms with Gasteiger partial charge in [0.2, 0.25) is 0 Å². The molecule has 0 bridgehead atoms. The molecule has 23 heavy (non-hydrogen) atoms. The monoisotopic (exact) mass is 340 g/mol. The molecule has 1 atom stereocenters. The van der Waals surface area contributed by atoms with Crippen LogP contribution in [0.15, 0.2) is 35.2 Å². The Morgan fingerprint density at radius 2 is 1.43 bits per heavy atom. The fourth-order valence-electron chi connectivity index (χ4n) is 2.70. The topological polar surface area (TPSA) is 54.4 Å². The molecule has 0 spiro atoms. The Kier molecular flexibility index (Phi) is 10.2. The molecule has 1 aromatic rings. The average molecular weight is 341 g/mol. The summed E-state index contributed by atoms with van der Waals surface area (Å²) in [5.74, 6) is 0.0230. The smallest absolute Gasteiger partial charge is 0.178 e. The van der Waals surface area contributed by atoms with Crippen LogP contribution in [0.3, 0.4) is 0 Å². The van der Waals surface area contributed by atoms with E-state index in [9.17, 15) is 13.5 Å². The number of benzene rings is 1. The molecule has 0 heterocycles. The van der Waals surface area contributed by atoms with E-state index < -0.39 is 15.9 Å². The van der Waals surface area contributed by atoms with E-state index in [4.69, 9.17) is 0 Å². The molecule has 0 saturated carbocycles. The summed E-state index contributed by atoms with van der Waals surface area (Å²) < 4.78 is 24.3. The highest BCUT2D eigenvalue weighted by Crippen LogP contribution is 2.15. The predicted molar refractivity (Wildman–Crippen MR) is 96.3 cm³/mol. The minimum absolute atomic E-state index is 0.0230. The number of aliphatic hydroxyl groups is 1. The third-order valence-electron chi connectivity index (χ3n) is 4.21. The van der Waals surface area contributed by atoms with Crippen molar-refractivity contribution in [3.8, 4) is 0 Å². The maximum absolute atomic E-state index is 12.1. The van der Waals surface area contributed by atoms with E-state index in [0.717, 1.165) is 12.8 Å². The fraction of sp³-hybridized carbons (Fsp3) is 0.684. The Balaban J connectivity index is 2.11. The summed E-state index contributed by atoms with van der Waals surface area (Å²) in [5, 5.41) is 9.97. The summed E-state index contributed by atoms with van der Waals surface area (Å²) in [6, 6.07) is 8.48. The van der Waals surface area contributed by atoms with Gasteiger partial charge < -0.3 is 5.11 Å². The van der Waals surface area contributed by atoms with Crippen molar-refractivity contribution >= 4 is 9.84 Å². The number of unbranched alkanes of at least 4 members (excludes halogenated alkanes) is 7. The van der Waals surface area contributed by atoms with Gasteiger partial charge >= 0.3 is 0 Å². The summed E-state index contributed by atoms with van der Waals surface area (Å²) in [6.07, 6.45) is 10.4. The summed E-state index contributed by atoms with van der Waals surface area (Å²) in [7, 11) is -3.26. The number of hydrogen-bond acceptors (Lipinski definition) is 3. The van der Waals surface area contributed by atoms with E-state index in [0.29, 0.717) is 17.7 Å². The lowest BCUT2D eigenvalue weighted by Gasteiger charge is -2.11. The molecule has 0 aromatic heterocycles. The molecule has 1 aromatic carbocycles. The van der Waals surface area contributed by atoms with Crippen LogP contribution in [0.1, 0.15) is 71.1 Å². The Labute approximate surface area is 142 Å². The molecule has 1 unspecified atom stereocenters. The molecular weight excluding hydrogens is 308 g/mol. The van der Waals surface area contributed by atoms with Crippen LogP contribution in [-0.4, -0.2) is 25.4 Å². The first-order valence-electron chi connectivity index (χ1n) is 9.02. The van der Waals surface area contributed by atoms with E-state index in [2.05, 4.69) is 6.92 Å². The molecule has 132 valence electrons. The number of hydrogen-bond donors (Lipinski definition) is 1. The van der Waals surface area contributed by atoms with Crippen LogP contribution in [0, 0.1) is 0 Å². The van der Waals surface area contributed by atoms with Gasteiger partial charge in [-0.1, -0.05) is 76.5 Å². The average Bonchev–Trinajstić information content (AvgIpc) is 2.56. The van der Waals surface area contributed by atoms with Crippen molar-refractivity contribution in [2.45, 2.75) is 82.1 Å². The third-order valence-corrected chi connectivity index (χ3v) is 5.98. The van der Waals surface area contributed by atoms with Gasteiger partial charge in [-0.2, -0.15) is 0 Å². The Morgan fingerprint density at radius 3 is 2.04 bits per heavy atom. The molecule has 0 amide bonds. The molecule has 0 fully saturated rings. The summed E-state index contributed by atoms with van der Waals surface area (Å²) in [6.45, 7) is 2.22. The Morgan fingerprint density at radius 1 is 0.870 bits per heavy atom. The van der Waals surface area contributed by atoms with Gasteiger partial charge in [0.05, 0.1) is 16.8 Å². The van der Waals surface area contributed by atoms with Gasteiger partial charge in [-0.15, -0.1) is 0 Å². The lowest BCUT2D eigenvalue weighted by Crippen LogP contribution is -2.15. The third kappa shape index (κ3) is 9.11. The molecular formula is C19H32O3S. The van der Waals surface area contributed by atoms with Crippen molar-refractivity contribution < 1.29 is 13.5 Å². The van der Waals surface area contributed by atoms with Crippen molar-refractivity contribution in [2.75, 3.05) is 5.75 Å². The maximum Gasteiger partial charge on any atom is 0.178 e. The van der Waals surface area contributed by atoms with E-state index in [1.54, 1.807) is 30.3 Å². The van der Waals surface area contributed by atoms with Crippen LogP contribution in [0.5, 0.6) is 0 Å². The van der Waals surface area contributed by atoms with Crippen LogP contribution in [0.25, 0.3) is 0 Å². The largest absolute Gasteiger partial charge is 0.393 e. The van der Waals surface area contributed by atoms with Crippen molar-refractivity contribution in [2.24, 2.45) is 0 Å². The van der Waals surface area contributed by atoms with Crippen molar-refractivity contribution in [1.29, 1.82) is 0 Å². The zero-order chi connectivity index (χ0) is 17.0. The number of sulfone groups is 1. The van der Waals surface area contributed by atoms with Gasteiger partial charge in [-0.25, -0.2) is 8.42 Å². The van der Waals surface area contributed by atoms with Gasteiger partial charge in [-0.3, -0.25) is 0 Å². The molecule has 1 N–H and O–H groups in total. The van der Waals surface area contributed by atoms with Gasteiger partial charge in [-0.05, 0) is 25.0 Å². The minimum Gasteiger partial charge on any atom is -0.393 e. The van der Waals surface area contributed by atoms with Crippen LogP contribution >= 0.6 is 0 Å². The highest BCUT2D eigenvalue weighted by molar-refractivity contribution is 7.91. The van der Waals surface area contributed by atoms with E-state index >= 15 is 0 Å². The molecule has 0 aliphatic heterocycles. The highest BCUT2D eigenvalue weighted by Gasteiger charge is 2.16. The van der Waals surface area contributed by atoms with E-state index in [-0.39, 0.29) is 5.75 Å². The zero-order valence-electron chi connectivity index (χ0n) is 14.4. The maximum atomic E-state index is 12.1. The molecule has 3 nitrogen and oxygen atoms in total. The second-order valence-electron chi connectivity index (χ2n) is 6.34. The van der Waals surface area contributed by atoms with Gasteiger partial charge in [0, 0.05) is 0 Å². The quantitative estimate of drug-likeness (QED) is 0.528. The summed E-state index contributed by atoms with van der Waals surface area (Å²) >= 11 is 0. The second kappa shape index (κ2) is 11.6. The van der Waals surface area contributed by atoms with Crippen LogP contribution in [0.2, 0.25) is 0 Å². The molecule has 1 rings (SSSR count). The van der Waals surface area contributed by atoms with Gasteiger partial charge in [0.1, 0.15) is 0 Å². The standard InChI is InChI=1S/C19H32O3S/c1-2-3-4-5-6-7-8-10-13-18(20)16-17-23(21,22)19-14-11-9-12-15-19/h9,11-12,14-15,18,20H,2-8,10,13,16-17H2,1H3. The SMILES string of the molecule is CCCCCCCCCCC(O)CCS(=O)(=O)c1ccccc1. The normalized spacial score (nSPS) is 13.1. The molecule has 0 aliphatic carbocycles. The van der Waals surface area contributed by atoms with Crippen molar-refractivity contribution in [3.05, 3.63) is 30.3 Å². The molecule has 0 saturated heterocycles. The summed E-state index contributed by atoms with van der Waals surface area (Å²) in [5.41, 5.74) is 0. The first kappa shape index (κ1) is 20.2. The molecule has 0 aliphatic rings. The predicted octanol–water partition coefficient (Wildman–Crippen LogP) is 4.74. The van der Waals surface area contributed by atoms with E-state index in [1.807, 2.05) is 0 Å². The van der Waals surface area contributed by atoms with Crippen LogP contribution in [-0.2, 0) is 9.84 Å². The fourth-order valence-corrected chi connectivity index (χ4v) is 4.08. The second-order valence-corrected chi connectivity index (χ2v) is 8.45. The molecule has 0 radical (unpaired) electrons. The zero-order valence-corrected chi connectivity index (χ0v) is 15.2. The van der Waals surface area contributed by atoms with E-state index in [1.165, 1.54) is 38.5 Å². The van der Waals surface area contributed by atoms with Crippen molar-refractivity contribution in [1.82, 2.24) is 0 Å². The van der Waals surface area contributed by atoms with Crippen LogP contribution in [0.4, 0.5) is 0 Å². The number of rotatable bonds is 13. The van der Waals surface area contributed by atoms with Gasteiger partial charge in [0.15, 0.2) is 9.84 Å². The minimum atomic E-state index is -3.26. The lowest BCUT2D eigenvalue weighted by molar-refractivity contribution is 0.157. The van der Waals surface area contributed by atoms with Crippen molar-refractivity contribution in [3.63, 3.8) is 0 Å². The highest BCUT2D eigenvalue weighted by atomic mass is 32.2. The first-order chi connectivity index (χ1) is 11.1. The first-order valence-corrected chi connectivity index (χ1v) is 10.7. The van der Waals surface area contributed by atoms with Gasteiger partial charge in [0.25, 0.3) is 0 Å². The van der Waals surface area contributed by atoms with Crippen LogP contribution < -0.4 is 0 Å². The number of aliphatic hydroxyl groups excluding tert-OH is 1. The summed E-state index contributed by atoms with van der Waals surface area (Å²) in [4.78, 5) is 0.347. The Hall–Kier alpha value is -0.870. The molecule has 4 heteroatoms.